The largest absolute Gasteiger partial charge is 0.573 e. The first-order valence-corrected chi connectivity index (χ1v) is 5.72. The van der Waals surface area contributed by atoms with Crippen LogP contribution in [0.25, 0.3) is 0 Å². The fraction of sp³-hybridized carbons (Fsp3) is 0.154. The van der Waals surface area contributed by atoms with Gasteiger partial charge in [0.1, 0.15) is 5.75 Å². The molecule has 2 rings (SSSR count). The molecule has 0 spiro atoms. The van der Waals surface area contributed by atoms with E-state index in [4.69, 9.17) is 5.73 Å². The molecule has 0 aliphatic rings. The lowest BCUT2D eigenvalue weighted by Crippen LogP contribution is -2.17. The molecule has 106 valence electrons. The third-order valence-electron chi connectivity index (χ3n) is 2.49. The van der Waals surface area contributed by atoms with Gasteiger partial charge in [0, 0.05) is 12.7 Å². The summed E-state index contributed by atoms with van der Waals surface area (Å²) in [6.45, 7) is 0.419. The summed E-state index contributed by atoms with van der Waals surface area (Å²) in [5.74, 6) is -0.248. The van der Waals surface area contributed by atoms with Crippen molar-refractivity contribution in [2.24, 2.45) is 0 Å². The Morgan fingerprint density at radius 3 is 2.45 bits per heavy atom. The van der Waals surface area contributed by atoms with Crippen LogP contribution in [0.2, 0.25) is 0 Å². The second-order valence-electron chi connectivity index (χ2n) is 4.01. The normalized spacial score (nSPS) is 11.2. The molecule has 0 saturated heterocycles. The van der Waals surface area contributed by atoms with Crippen molar-refractivity contribution in [1.29, 1.82) is 0 Å². The van der Waals surface area contributed by atoms with Crippen molar-refractivity contribution in [1.82, 2.24) is 4.98 Å². The Labute approximate surface area is 113 Å². The minimum atomic E-state index is -4.68. The summed E-state index contributed by atoms with van der Waals surface area (Å²) in [5, 5.41) is 3.05. The highest BCUT2D eigenvalue weighted by molar-refractivity contribution is 5.64. The van der Waals surface area contributed by atoms with E-state index in [1.54, 1.807) is 30.6 Å². The molecule has 0 atom stereocenters. The van der Waals surface area contributed by atoms with E-state index in [9.17, 15) is 13.2 Å². The second kappa shape index (κ2) is 5.68. The number of hydrogen-bond acceptors (Lipinski definition) is 4. The van der Waals surface area contributed by atoms with Crippen molar-refractivity contribution in [3.8, 4) is 5.75 Å². The van der Waals surface area contributed by atoms with Gasteiger partial charge in [-0.3, -0.25) is 4.98 Å². The van der Waals surface area contributed by atoms with Crippen LogP contribution in [-0.4, -0.2) is 11.3 Å². The topological polar surface area (TPSA) is 60.2 Å². The highest BCUT2D eigenvalue weighted by atomic mass is 19.4. The quantitative estimate of drug-likeness (QED) is 0.904. The standard InChI is InChI=1S/C13H12F3N3O/c14-13(15,16)20-10-3-1-9(2-4-10)7-19-12-8-18-6-5-11(12)17/h1-6,8,19H,7H2,(H2,17,18). The van der Waals surface area contributed by atoms with Gasteiger partial charge in [0.2, 0.25) is 0 Å². The number of nitrogens with two attached hydrogens (primary N) is 1. The number of pyridine rings is 1. The number of benzene rings is 1. The average molecular weight is 283 g/mol. The number of rotatable bonds is 4. The Morgan fingerprint density at radius 1 is 1.15 bits per heavy atom. The zero-order valence-electron chi connectivity index (χ0n) is 10.3. The number of aromatic nitrogens is 1. The van der Waals surface area contributed by atoms with Crippen molar-refractivity contribution in [2.45, 2.75) is 12.9 Å². The molecule has 3 N–H and O–H groups in total. The number of ether oxygens (including phenoxy) is 1. The molecule has 20 heavy (non-hydrogen) atoms. The Kier molecular flexibility index (Phi) is 3.97. The van der Waals surface area contributed by atoms with E-state index in [1.165, 1.54) is 12.1 Å². The van der Waals surface area contributed by atoms with Crippen LogP contribution in [0, 0.1) is 0 Å². The number of halogens is 3. The van der Waals surface area contributed by atoms with Gasteiger partial charge in [-0.1, -0.05) is 12.1 Å². The molecule has 0 bridgehead atoms. The van der Waals surface area contributed by atoms with Crippen molar-refractivity contribution in [2.75, 3.05) is 11.1 Å². The summed E-state index contributed by atoms with van der Waals surface area (Å²) < 4.78 is 39.8. The Morgan fingerprint density at radius 2 is 1.85 bits per heavy atom. The van der Waals surface area contributed by atoms with Crippen molar-refractivity contribution in [3.63, 3.8) is 0 Å². The van der Waals surface area contributed by atoms with Gasteiger partial charge in [-0.05, 0) is 23.8 Å². The molecule has 0 radical (unpaired) electrons. The first-order valence-electron chi connectivity index (χ1n) is 5.72. The summed E-state index contributed by atoms with van der Waals surface area (Å²) in [6.07, 6.45) is -1.52. The summed E-state index contributed by atoms with van der Waals surface area (Å²) in [4.78, 5) is 3.92. The number of hydrogen-bond donors (Lipinski definition) is 2. The Balaban J connectivity index is 1.96. The Bertz CT molecular complexity index is 570. The molecule has 7 heteroatoms. The smallest absolute Gasteiger partial charge is 0.406 e. The molecule has 0 aliphatic carbocycles. The third kappa shape index (κ3) is 4.04. The van der Waals surface area contributed by atoms with Crippen molar-refractivity contribution >= 4 is 11.4 Å². The summed E-state index contributed by atoms with van der Waals surface area (Å²) in [5.41, 5.74) is 7.75. The van der Waals surface area contributed by atoms with Gasteiger partial charge >= 0.3 is 6.36 Å². The highest BCUT2D eigenvalue weighted by Gasteiger charge is 2.30. The van der Waals surface area contributed by atoms with E-state index >= 15 is 0 Å². The van der Waals surface area contributed by atoms with Gasteiger partial charge in [0.15, 0.2) is 0 Å². The second-order valence-corrected chi connectivity index (χ2v) is 4.01. The SMILES string of the molecule is Nc1ccncc1NCc1ccc(OC(F)(F)F)cc1. The molecule has 1 heterocycles. The van der Waals surface area contributed by atoms with Gasteiger partial charge in [0.25, 0.3) is 0 Å². The molecule has 1 aromatic carbocycles. The maximum Gasteiger partial charge on any atom is 0.573 e. The van der Waals surface area contributed by atoms with Crippen LogP contribution in [0.4, 0.5) is 24.5 Å². The summed E-state index contributed by atoms with van der Waals surface area (Å²) in [7, 11) is 0. The predicted octanol–water partition coefficient (Wildman–Crippen LogP) is 3.17. The van der Waals surface area contributed by atoms with Gasteiger partial charge in [-0.15, -0.1) is 13.2 Å². The molecular weight excluding hydrogens is 271 g/mol. The summed E-state index contributed by atoms with van der Waals surface area (Å²) >= 11 is 0. The van der Waals surface area contributed by atoms with Crippen LogP contribution in [0.5, 0.6) is 5.75 Å². The van der Waals surface area contributed by atoms with Gasteiger partial charge in [0.05, 0.1) is 17.6 Å². The zero-order chi connectivity index (χ0) is 14.6. The lowest BCUT2D eigenvalue weighted by atomic mass is 10.2. The molecule has 0 saturated carbocycles. The van der Waals surface area contributed by atoms with E-state index in [2.05, 4.69) is 15.0 Å². The zero-order valence-corrected chi connectivity index (χ0v) is 10.3. The third-order valence-corrected chi connectivity index (χ3v) is 2.49. The number of nitrogens with one attached hydrogen (secondary N) is 1. The number of anilines is 2. The number of nitrogen functional groups attached to an aromatic ring is 1. The minimum absolute atomic E-state index is 0.248. The average Bonchev–Trinajstić information content (AvgIpc) is 2.38. The lowest BCUT2D eigenvalue weighted by molar-refractivity contribution is -0.274. The number of nitrogens with zero attached hydrogens (tertiary/aromatic N) is 1. The van der Waals surface area contributed by atoms with E-state index in [1.807, 2.05) is 0 Å². The molecule has 2 aromatic rings. The lowest BCUT2D eigenvalue weighted by Gasteiger charge is -2.11. The van der Waals surface area contributed by atoms with Gasteiger partial charge < -0.3 is 15.8 Å². The first-order chi connectivity index (χ1) is 9.44. The van der Waals surface area contributed by atoms with E-state index in [-0.39, 0.29) is 5.75 Å². The highest BCUT2D eigenvalue weighted by Crippen LogP contribution is 2.23. The maximum absolute atomic E-state index is 12.0. The monoisotopic (exact) mass is 283 g/mol. The molecular formula is C13H12F3N3O. The van der Waals surface area contributed by atoms with E-state index in [0.29, 0.717) is 17.9 Å². The fourth-order valence-corrected chi connectivity index (χ4v) is 1.56. The number of alkyl halides is 3. The molecule has 0 unspecified atom stereocenters. The summed E-state index contributed by atoms with van der Waals surface area (Å²) in [6, 6.07) is 7.26. The van der Waals surface area contributed by atoms with E-state index in [0.717, 1.165) is 5.56 Å². The van der Waals surface area contributed by atoms with Crippen LogP contribution >= 0.6 is 0 Å². The van der Waals surface area contributed by atoms with Crippen LogP contribution in [-0.2, 0) is 6.54 Å². The van der Waals surface area contributed by atoms with Crippen LogP contribution in [0.1, 0.15) is 5.56 Å². The van der Waals surface area contributed by atoms with Crippen LogP contribution in [0.3, 0.4) is 0 Å². The Hall–Kier alpha value is -2.44. The molecule has 0 aliphatic heterocycles. The van der Waals surface area contributed by atoms with Crippen LogP contribution in [0.15, 0.2) is 42.7 Å². The maximum atomic E-state index is 12.0. The first kappa shape index (κ1) is 14.0. The van der Waals surface area contributed by atoms with E-state index < -0.39 is 6.36 Å². The van der Waals surface area contributed by atoms with Crippen molar-refractivity contribution < 1.29 is 17.9 Å². The van der Waals surface area contributed by atoms with Gasteiger partial charge in [-0.2, -0.15) is 0 Å². The molecule has 0 amide bonds. The molecule has 1 aromatic heterocycles. The molecule has 0 fully saturated rings. The van der Waals surface area contributed by atoms with Gasteiger partial charge in [-0.25, -0.2) is 0 Å². The predicted molar refractivity (Wildman–Crippen MR) is 69.1 cm³/mol. The molecule has 4 nitrogen and oxygen atoms in total. The fourth-order valence-electron chi connectivity index (χ4n) is 1.56. The minimum Gasteiger partial charge on any atom is -0.406 e. The van der Waals surface area contributed by atoms with Crippen molar-refractivity contribution in [3.05, 3.63) is 48.3 Å². The van der Waals surface area contributed by atoms with Crippen LogP contribution < -0.4 is 15.8 Å².